The number of para-hydroxylation sites is 1. The molecule has 0 unspecified atom stereocenters. The van der Waals surface area contributed by atoms with Gasteiger partial charge >= 0.3 is 17.9 Å². The lowest BCUT2D eigenvalue weighted by molar-refractivity contribution is -0.700. The molecule has 0 saturated carbocycles. The number of pyridine rings is 1. The van der Waals surface area contributed by atoms with Gasteiger partial charge in [-0.05, 0) is 25.0 Å². The minimum absolute atomic E-state index is 0.141. The monoisotopic (exact) mass is 378 g/mol. The van der Waals surface area contributed by atoms with Gasteiger partial charge in [0.2, 0.25) is 5.82 Å². The molecule has 3 rings (SSSR count). The SMILES string of the molecule is CCC[n+]1ccc(-c2noc(C(F)(F)F)n2)cc1Oc1c(C)cccc1C. The van der Waals surface area contributed by atoms with E-state index in [1.54, 1.807) is 18.3 Å². The molecule has 0 aliphatic heterocycles. The van der Waals surface area contributed by atoms with Gasteiger partial charge in [0.15, 0.2) is 12.7 Å². The number of alkyl halides is 3. The summed E-state index contributed by atoms with van der Waals surface area (Å²) in [6.07, 6.45) is -2.07. The number of aromatic nitrogens is 3. The Morgan fingerprint density at radius 1 is 1.15 bits per heavy atom. The van der Waals surface area contributed by atoms with E-state index in [1.165, 1.54) is 0 Å². The zero-order valence-corrected chi connectivity index (χ0v) is 15.2. The van der Waals surface area contributed by atoms with Gasteiger partial charge in [-0.1, -0.05) is 30.3 Å². The summed E-state index contributed by atoms with van der Waals surface area (Å²) in [5, 5.41) is 3.44. The molecule has 0 amide bonds. The van der Waals surface area contributed by atoms with Crippen molar-refractivity contribution in [2.45, 2.75) is 39.9 Å². The van der Waals surface area contributed by atoms with Crippen molar-refractivity contribution < 1.29 is 27.0 Å². The number of halogens is 3. The number of hydrogen-bond acceptors (Lipinski definition) is 4. The molecule has 0 aliphatic rings. The molecule has 142 valence electrons. The van der Waals surface area contributed by atoms with Gasteiger partial charge in [0, 0.05) is 18.1 Å². The van der Waals surface area contributed by atoms with Crippen LogP contribution in [0.1, 0.15) is 30.4 Å². The van der Waals surface area contributed by atoms with Crippen molar-refractivity contribution in [2.75, 3.05) is 0 Å². The molecule has 27 heavy (non-hydrogen) atoms. The van der Waals surface area contributed by atoms with Crippen molar-refractivity contribution in [1.82, 2.24) is 10.1 Å². The minimum Gasteiger partial charge on any atom is -0.405 e. The van der Waals surface area contributed by atoms with Gasteiger partial charge in [0.25, 0.3) is 0 Å². The highest BCUT2D eigenvalue weighted by atomic mass is 19.4. The molecule has 8 heteroatoms. The number of hydrogen-bond donors (Lipinski definition) is 0. The second-order valence-electron chi connectivity index (χ2n) is 6.19. The van der Waals surface area contributed by atoms with Crippen LogP contribution in [0.15, 0.2) is 41.1 Å². The molecule has 0 atom stereocenters. The van der Waals surface area contributed by atoms with E-state index in [-0.39, 0.29) is 5.82 Å². The van der Waals surface area contributed by atoms with E-state index in [2.05, 4.69) is 14.7 Å². The summed E-state index contributed by atoms with van der Waals surface area (Å²) in [7, 11) is 0. The van der Waals surface area contributed by atoms with Crippen LogP contribution in [-0.4, -0.2) is 10.1 Å². The van der Waals surface area contributed by atoms with Crippen molar-refractivity contribution in [3.05, 3.63) is 53.5 Å². The van der Waals surface area contributed by atoms with Crippen LogP contribution in [-0.2, 0) is 12.7 Å². The first-order chi connectivity index (χ1) is 12.8. The Kier molecular flexibility index (Phi) is 5.16. The van der Waals surface area contributed by atoms with Crippen molar-refractivity contribution >= 4 is 0 Å². The standard InChI is InChI=1S/C19H19F3N3O2/c1-4-9-25-10-8-14(17-23-18(27-24-17)19(20,21)22)11-15(25)26-16-12(2)6-5-7-13(16)3/h5-8,10-11H,4,9H2,1-3H3/q+1. The highest BCUT2D eigenvalue weighted by Crippen LogP contribution is 2.31. The molecule has 0 radical (unpaired) electrons. The molecule has 5 nitrogen and oxygen atoms in total. The fraction of sp³-hybridized carbons (Fsp3) is 0.316. The highest BCUT2D eigenvalue weighted by molar-refractivity contribution is 5.54. The van der Waals surface area contributed by atoms with Crippen molar-refractivity contribution in [1.29, 1.82) is 0 Å². The number of ether oxygens (including phenoxy) is 1. The molecule has 0 N–H and O–H groups in total. The number of benzene rings is 1. The molecular formula is C19H19F3N3O2+. The van der Waals surface area contributed by atoms with Gasteiger partial charge in [0.1, 0.15) is 5.75 Å². The van der Waals surface area contributed by atoms with Crippen LogP contribution in [0.25, 0.3) is 11.4 Å². The van der Waals surface area contributed by atoms with E-state index in [1.807, 2.05) is 43.5 Å². The maximum absolute atomic E-state index is 12.7. The van der Waals surface area contributed by atoms with Crippen LogP contribution in [0, 0.1) is 13.8 Å². The van der Waals surface area contributed by atoms with Crippen molar-refractivity contribution in [3.8, 4) is 23.0 Å². The van der Waals surface area contributed by atoms with Gasteiger partial charge in [-0.3, -0.25) is 0 Å². The van der Waals surface area contributed by atoms with Crippen LogP contribution in [0.3, 0.4) is 0 Å². The number of rotatable bonds is 5. The Morgan fingerprint density at radius 2 is 1.85 bits per heavy atom. The largest absolute Gasteiger partial charge is 0.471 e. The zero-order chi connectivity index (χ0) is 19.6. The fourth-order valence-corrected chi connectivity index (χ4v) is 2.68. The second kappa shape index (κ2) is 7.38. The minimum atomic E-state index is -4.68. The maximum Gasteiger partial charge on any atom is 0.471 e. The topological polar surface area (TPSA) is 52.0 Å². The van der Waals surface area contributed by atoms with E-state index in [0.717, 1.165) is 17.5 Å². The summed E-state index contributed by atoms with van der Waals surface area (Å²) in [6, 6.07) is 9.06. The van der Waals surface area contributed by atoms with Crippen LogP contribution in [0.4, 0.5) is 13.2 Å². The Hall–Kier alpha value is -2.90. The molecule has 0 saturated heterocycles. The molecular weight excluding hydrogens is 359 g/mol. The van der Waals surface area contributed by atoms with E-state index in [0.29, 0.717) is 23.7 Å². The Balaban J connectivity index is 2.02. The van der Waals surface area contributed by atoms with Gasteiger partial charge in [-0.15, -0.1) is 0 Å². The van der Waals surface area contributed by atoms with Crippen LogP contribution >= 0.6 is 0 Å². The lowest BCUT2D eigenvalue weighted by atomic mass is 10.1. The predicted octanol–water partition coefficient (Wildman–Crippen LogP) is 4.86. The van der Waals surface area contributed by atoms with E-state index in [4.69, 9.17) is 4.74 Å². The smallest absolute Gasteiger partial charge is 0.405 e. The van der Waals surface area contributed by atoms with Crippen molar-refractivity contribution in [2.24, 2.45) is 0 Å². The van der Waals surface area contributed by atoms with E-state index >= 15 is 0 Å². The summed E-state index contributed by atoms with van der Waals surface area (Å²) >= 11 is 0. The second-order valence-corrected chi connectivity index (χ2v) is 6.19. The summed E-state index contributed by atoms with van der Waals surface area (Å²) in [4.78, 5) is 3.44. The van der Waals surface area contributed by atoms with Crippen LogP contribution < -0.4 is 9.30 Å². The van der Waals surface area contributed by atoms with Crippen molar-refractivity contribution in [3.63, 3.8) is 0 Å². The summed E-state index contributed by atoms with van der Waals surface area (Å²) in [6.45, 7) is 6.59. The molecule has 1 aromatic carbocycles. The molecule has 0 fully saturated rings. The first kappa shape index (κ1) is 18.9. The van der Waals surface area contributed by atoms with Crippen LogP contribution in [0.2, 0.25) is 0 Å². The zero-order valence-electron chi connectivity index (χ0n) is 15.2. The Morgan fingerprint density at radius 3 is 2.44 bits per heavy atom. The van der Waals surface area contributed by atoms with E-state index < -0.39 is 12.1 Å². The first-order valence-electron chi connectivity index (χ1n) is 8.48. The lowest BCUT2D eigenvalue weighted by Crippen LogP contribution is -2.34. The highest BCUT2D eigenvalue weighted by Gasteiger charge is 2.38. The molecule has 2 aromatic heterocycles. The third-order valence-electron chi connectivity index (χ3n) is 4.00. The predicted molar refractivity (Wildman–Crippen MR) is 91.2 cm³/mol. The number of aryl methyl sites for hydroxylation is 3. The molecule has 0 bridgehead atoms. The lowest BCUT2D eigenvalue weighted by Gasteiger charge is -2.11. The normalized spacial score (nSPS) is 11.6. The third-order valence-corrected chi connectivity index (χ3v) is 4.00. The molecule has 3 aromatic rings. The first-order valence-corrected chi connectivity index (χ1v) is 8.48. The Bertz CT molecular complexity index is 931. The van der Waals surface area contributed by atoms with Gasteiger partial charge < -0.3 is 9.26 Å². The molecule has 0 aliphatic carbocycles. The summed E-state index contributed by atoms with van der Waals surface area (Å²) in [5.74, 6) is -0.314. The molecule has 0 spiro atoms. The summed E-state index contributed by atoms with van der Waals surface area (Å²) < 4.78 is 50.5. The average Bonchev–Trinajstić information content (AvgIpc) is 3.10. The van der Waals surface area contributed by atoms with E-state index in [9.17, 15) is 13.2 Å². The van der Waals surface area contributed by atoms with Gasteiger partial charge in [-0.25, -0.2) is 0 Å². The maximum atomic E-state index is 12.7. The van der Waals surface area contributed by atoms with Gasteiger partial charge in [0.05, 0.1) is 6.07 Å². The van der Waals surface area contributed by atoms with Crippen LogP contribution in [0.5, 0.6) is 11.6 Å². The molecule has 2 heterocycles. The Labute approximate surface area is 154 Å². The van der Waals surface area contributed by atoms with Gasteiger partial charge in [-0.2, -0.15) is 22.7 Å². The fourth-order valence-electron chi connectivity index (χ4n) is 2.68. The summed E-state index contributed by atoms with van der Waals surface area (Å²) in [5.41, 5.74) is 2.30. The quantitative estimate of drug-likeness (QED) is 0.595. The number of nitrogens with zero attached hydrogens (tertiary/aromatic N) is 3. The third kappa shape index (κ3) is 4.10. The average molecular weight is 378 g/mol.